The maximum absolute atomic E-state index is 12.0. The number of nitro groups is 1. The third kappa shape index (κ3) is 1.56. The van der Waals surface area contributed by atoms with Crippen LogP contribution >= 0.6 is 0 Å². The predicted molar refractivity (Wildman–Crippen MR) is 68.4 cm³/mol. The van der Waals surface area contributed by atoms with Crippen molar-refractivity contribution in [3.8, 4) is 0 Å². The molecule has 6 heteroatoms. The van der Waals surface area contributed by atoms with Gasteiger partial charge in [-0.05, 0) is 19.0 Å². The molecule has 3 rings (SSSR count). The molecule has 0 saturated carbocycles. The summed E-state index contributed by atoms with van der Waals surface area (Å²) in [7, 11) is 1.97. The number of amides is 1. The van der Waals surface area contributed by atoms with Gasteiger partial charge in [-0.2, -0.15) is 0 Å². The normalized spacial score (nSPS) is 26.8. The van der Waals surface area contributed by atoms with E-state index in [9.17, 15) is 14.9 Å². The van der Waals surface area contributed by atoms with Crippen LogP contribution in [0, 0.1) is 10.1 Å². The number of nitro benzene ring substituents is 1. The summed E-state index contributed by atoms with van der Waals surface area (Å²) in [6.45, 7) is 1.49. The van der Waals surface area contributed by atoms with Crippen molar-refractivity contribution in [2.75, 3.05) is 20.1 Å². The molecule has 0 spiro atoms. The van der Waals surface area contributed by atoms with Crippen molar-refractivity contribution in [1.29, 1.82) is 0 Å². The molecule has 1 aromatic carbocycles. The van der Waals surface area contributed by atoms with Crippen molar-refractivity contribution in [2.24, 2.45) is 0 Å². The number of fused-ring (bicyclic) bond motifs is 1. The average Bonchev–Trinajstić information content (AvgIpc) is 2.91. The fraction of sp³-hybridized carbons (Fsp3) is 0.462. The van der Waals surface area contributed by atoms with Gasteiger partial charge >= 0.3 is 0 Å². The van der Waals surface area contributed by atoms with Crippen LogP contribution < -0.4 is 0 Å². The van der Waals surface area contributed by atoms with Gasteiger partial charge in [0, 0.05) is 31.6 Å². The molecular formula is C13H15N3O3. The molecule has 2 saturated heterocycles. The number of carbonyl (C=O) groups is 1. The van der Waals surface area contributed by atoms with Gasteiger partial charge in [0.2, 0.25) is 5.91 Å². The summed E-state index contributed by atoms with van der Waals surface area (Å²) in [4.78, 5) is 26.5. The van der Waals surface area contributed by atoms with Crippen molar-refractivity contribution < 1.29 is 9.72 Å². The van der Waals surface area contributed by atoms with E-state index < -0.39 is 10.6 Å². The molecule has 2 fully saturated rings. The molecule has 2 heterocycles. The Labute approximate surface area is 110 Å². The van der Waals surface area contributed by atoms with Crippen LogP contribution in [-0.2, 0) is 10.5 Å². The number of carbonyl (C=O) groups excluding carboxylic acids is 1. The summed E-state index contributed by atoms with van der Waals surface area (Å²) in [6.07, 6.45) is 1.20. The Kier molecular flexibility index (Phi) is 2.56. The molecule has 0 aromatic heterocycles. The van der Waals surface area contributed by atoms with E-state index >= 15 is 0 Å². The van der Waals surface area contributed by atoms with E-state index in [-0.39, 0.29) is 11.6 Å². The number of likely N-dealkylation sites (N-methyl/N-ethyl adjacent to an activating group) is 1. The summed E-state index contributed by atoms with van der Waals surface area (Å²) >= 11 is 0. The second-order valence-corrected chi connectivity index (χ2v) is 5.09. The van der Waals surface area contributed by atoms with Gasteiger partial charge in [-0.25, -0.2) is 0 Å². The molecule has 19 heavy (non-hydrogen) atoms. The SMILES string of the molecule is CN1CCN2C(=O)CCC12c1cccc([N+](=O)[O-])c1. The monoisotopic (exact) mass is 261 g/mol. The largest absolute Gasteiger partial charge is 0.319 e. The summed E-state index contributed by atoms with van der Waals surface area (Å²) in [5.41, 5.74) is 0.433. The van der Waals surface area contributed by atoms with E-state index in [2.05, 4.69) is 4.90 Å². The van der Waals surface area contributed by atoms with Gasteiger partial charge in [0.05, 0.1) is 4.92 Å². The number of nitrogens with zero attached hydrogens (tertiary/aromatic N) is 3. The standard InChI is InChI=1S/C13H15N3O3/c1-14-7-8-15-12(17)5-6-13(14,15)10-3-2-4-11(9-10)16(18)19/h2-4,9H,5-8H2,1H3. The zero-order valence-corrected chi connectivity index (χ0v) is 10.7. The van der Waals surface area contributed by atoms with Gasteiger partial charge in [-0.3, -0.25) is 19.8 Å². The third-order valence-electron chi connectivity index (χ3n) is 4.24. The molecule has 1 unspecified atom stereocenters. The maximum atomic E-state index is 12.0. The van der Waals surface area contributed by atoms with Gasteiger partial charge < -0.3 is 4.90 Å². The molecule has 1 aromatic rings. The van der Waals surface area contributed by atoms with Gasteiger partial charge in [-0.1, -0.05) is 12.1 Å². The topological polar surface area (TPSA) is 66.7 Å². The Bertz CT molecular complexity index is 560. The quantitative estimate of drug-likeness (QED) is 0.594. The first-order chi connectivity index (χ1) is 9.05. The smallest absolute Gasteiger partial charge is 0.269 e. The fourth-order valence-corrected chi connectivity index (χ4v) is 3.29. The molecule has 0 N–H and O–H groups in total. The Morgan fingerprint density at radius 2 is 2.16 bits per heavy atom. The molecule has 100 valence electrons. The lowest BCUT2D eigenvalue weighted by molar-refractivity contribution is -0.385. The van der Waals surface area contributed by atoms with E-state index in [0.29, 0.717) is 19.4 Å². The molecule has 6 nitrogen and oxygen atoms in total. The molecule has 2 aliphatic heterocycles. The first kappa shape index (κ1) is 12.1. The van der Waals surface area contributed by atoms with E-state index in [1.54, 1.807) is 12.1 Å². The van der Waals surface area contributed by atoms with E-state index in [0.717, 1.165) is 12.1 Å². The number of benzene rings is 1. The van der Waals surface area contributed by atoms with Crippen molar-refractivity contribution in [1.82, 2.24) is 9.80 Å². The van der Waals surface area contributed by atoms with Crippen LogP contribution in [0.25, 0.3) is 0 Å². The minimum Gasteiger partial charge on any atom is -0.319 e. The van der Waals surface area contributed by atoms with E-state index in [1.807, 2.05) is 18.0 Å². The third-order valence-corrected chi connectivity index (χ3v) is 4.24. The highest BCUT2D eigenvalue weighted by Crippen LogP contribution is 2.45. The highest BCUT2D eigenvalue weighted by Gasteiger charge is 2.53. The van der Waals surface area contributed by atoms with Crippen LogP contribution in [-0.4, -0.2) is 40.8 Å². The van der Waals surface area contributed by atoms with Crippen LogP contribution in [0.3, 0.4) is 0 Å². The summed E-state index contributed by atoms with van der Waals surface area (Å²) in [6, 6.07) is 6.64. The highest BCUT2D eigenvalue weighted by atomic mass is 16.6. The zero-order valence-electron chi connectivity index (χ0n) is 10.7. The predicted octanol–water partition coefficient (Wildman–Crippen LogP) is 1.32. The second kappa shape index (κ2) is 4.03. The number of non-ortho nitro benzene ring substituents is 1. The van der Waals surface area contributed by atoms with Crippen LogP contribution in [0.15, 0.2) is 24.3 Å². The number of rotatable bonds is 2. The average molecular weight is 261 g/mol. The minimum atomic E-state index is -0.483. The summed E-state index contributed by atoms with van der Waals surface area (Å²) < 4.78 is 0. The van der Waals surface area contributed by atoms with Crippen molar-refractivity contribution in [2.45, 2.75) is 18.5 Å². The van der Waals surface area contributed by atoms with Crippen molar-refractivity contribution in [3.05, 3.63) is 39.9 Å². The zero-order chi connectivity index (χ0) is 13.6. The van der Waals surface area contributed by atoms with Gasteiger partial charge in [0.25, 0.3) is 5.69 Å². The first-order valence-electron chi connectivity index (χ1n) is 6.32. The van der Waals surface area contributed by atoms with Crippen molar-refractivity contribution in [3.63, 3.8) is 0 Å². The van der Waals surface area contributed by atoms with Gasteiger partial charge in [-0.15, -0.1) is 0 Å². The lowest BCUT2D eigenvalue weighted by Crippen LogP contribution is -2.46. The van der Waals surface area contributed by atoms with Crippen LogP contribution in [0.5, 0.6) is 0 Å². The molecule has 0 radical (unpaired) electrons. The first-order valence-corrected chi connectivity index (χ1v) is 6.32. The molecule has 0 aliphatic carbocycles. The highest BCUT2D eigenvalue weighted by molar-refractivity contribution is 5.80. The minimum absolute atomic E-state index is 0.0754. The molecular weight excluding hydrogens is 246 g/mol. The Balaban J connectivity index is 2.11. The molecule has 2 aliphatic rings. The van der Waals surface area contributed by atoms with Crippen LogP contribution in [0.1, 0.15) is 18.4 Å². The van der Waals surface area contributed by atoms with E-state index in [4.69, 9.17) is 0 Å². The van der Waals surface area contributed by atoms with Gasteiger partial charge in [0.1, 0.15) is 5.66 Å². The molecule has 0 bridgehead atoms. The Hall–Kier alpha value is -1.95. The molecule has 1 atom stereocenters. The number of hydrogen-bond acceptors (Lipinski definition) is 4. The van der Waals surface area contributed by atoms with Crippen molar-refractivity contribution >= 4 is 11.6 Å². The maximum Gasteiger partial charge on any atom is 0.269 e. The Morgan fingerprint density at radius 3 is 2.89 bits per heavy atom. The lowest BCUT2D eigenvalue weighted by atomic mass is 9.95. The number of hydrogen-bond donors (Lipinski definition) is 0. The van der Waals surface area contributed by atoms with E-state index in [1.165, 1.54) is 6.07 Å². The summed E-state index contributed by atoms with van der Waals surface area (Å²) in [5.74, 6) is 0.135. The summed E-state index contributed by atoms with van der Waals surface area (Å²) in [5, 5.41) is 10.9. The Morgan fingerprint density at radius 1 is 1.37 bits per heavy atom. The van der Waals surface area contributed by atoms with Gasteiger partial charge in [0.15, 0.2) is 0 Å². The molecule has 1 amide bonds. The lowest BCUT2D eigenvalue weighted by Gasteiger charge is -2.37. The fourth-order valence-electron chi connectivity index (χ4n) is 3.29. The van der Waals surface area contributed by atoms with Crippen LogP contribution in [0.2, 0.25) is 0 Å². The van der Waals surface area contributed by atoms with Crippen LogP contribution in [0.4, 0.5) is 5.69 Å². The second-order valence-electron chi connectivity index (χ2n) is 5.09.